The Bertz CT molecular complexity index is 779. The number of amides is 1. The van der Waals surface area contributed by atoms with Gasteiger partial charge >= 0.3 is 0 Å². The van der Waals surface area contributed by atoms with Gasteiger partial charge in [0.15, 0.2) is 0 Å². The highest BCUT2D eigenvalue weighted by Crippen LogP contribution is 2.36. The first kappa shape index (κ1) is 17.5. The van der Waals surface area contributed by atoms with Gasteiger partial charge in [-0.05, 0) is 24.1 Å². The summed E-state index contributed by atoms with van der Waals surface area (Å²) in [7, 11) is 3.51. The smallest absolute Gasteiger partial charge is 0.248 e. The maximum Gasteiger partial charge on any atom is 0.248 e. The van der Waals surface area contributed by atoms with Crippen LogP contribution in [0.15, 0.2) is 30.5 Å². The number of H-pyrrole nitrogens is 1. The van der Waals surface area contributed by atoms with E-state index in [1.54, 1.807) is 19.0 Å². The van der Waals surface area contributed by atoms with E-state index in [1.807, 2.05) is 6.20 Å². The standard InChI is InChI=1S/C20H27N3O3/c1-22(2)19(24)12-25-16-7-9-26-20(10-16)13-23(14-20)11-15-4-3-5-18-17(15)6-8-21-18/h3-6,8,16,21H,7,9-14H2,1-2H3/t16-/m0/s1. The lowest BCUT2D eigenvalue weighted by Gasteiger charge is -2.53. The van der Waals surface area contributed by atoms with Crippen molar-refractivity contribution >= 4 is 16.8 Å². The molecule has 0 aliphatic carbocycles. The Morgan fingerprint density at radius 1 is 1.38 bits per heavy atom. The summed E-state index contributed by atoms with van der Waals surface area (Å²) in [4.78, 5) is 19.0. The van der Waals surface area contributed by atoms with Crippen LogP contribution >= 0.6 is 0 Å². The lowest BCUT2D eigenvalue weighted by Crippen LogP contribution is -2.65. The highest BCUT2D eigenvalue weighted by atomic mass is 16.5. The van der Waals surface area contributed by atoms with Crippen LogP contribution in [0.1, 0.15) is 18.4 Å². The number of rotatable bonds is 5. The third-order valence-corrected chi connectivity index (χ3v) is 5.49. The normalized spacial score (nSPS) is 22.5. The molecule has 2 fully saturated rings. The molecule has 6 heteroatoms. The van der Waals surface area contributed by atoms with Gasteiger partial charge in [0.05, 0.1) is 11.7 Å². The van der Waals surface area contributed by atoms with E-state index in [-0.39, 0.29) is 24.2 Å². The van der Waals surface area contributed by atoms with Crippen LogP contribution in [0.25, 0.3) is 10.9 Å². The van der Waals surface area contributed by atoms with Crippen LogP contribution in [-0.4, -0.2) is 72.8 Å². The van der Waals surface area contributed by atoms with Gasteiger partial charge in [-0.1, -0.05) is 12.1 Å². The molecule has 0 bridgehead atoms. The number of carbonyl (C=O) groups is 1. The van der Waals surface area contributed by atoms with Gasteiger partial charge in [-0.2, -0.15) is 0 Å². The van der Waals surface area contributed by atoms with E-state index in [0.29, 0.717) is 6.61 Å². The minimum Gasteiger partial charge on any atom is -0.372 e. The van der Waals surface area contributed by atoms with E-state index in [0.717, 1.165) is 32.5 Å². The van der Waals surface area contributed by atoms with E-state index in [2.05, 4.69) is 34.1 Å². The minimum absolute atomic E-state index is 0.0142. The molecule has 1 amide bonds. The Labute approximate surface area is 154 Å². The van der Waals surface area contributed by atoms with Crippen molar-refractivity contribution < 1.29 is 14.3 Å². The van der Waals surface area contributed by atoms with Gasteiger partial charge < -0.3 is 19.4 Å². The average molecular weight is 357 g/mol. The van der Waals surface area contributed by atoms with E-state index >= 15 is 0 Å². The second kappa shape index (κ2) is 7.02. The second-order valence-electron chi connectivity index (χ2n) is 7.75. The molecule has 2 aliphatic rings. The molecule has 0 radical (unpaired) electrons. The molecule has 3 heterocycles. The quantitative estimate of drug-likeness (QED) is 0.889. The number of nitrogens with one attached hydrogen (secondary N) is 1. The van der Waals surface area contributed by atoms with Gasteiger partial charge in [-0.3, -0.25) is 9.69 Å². The van der Waals surface area contributed by atoms with Crippen LogP contribution in [0.3, 0.4) is 0 Å². The molecule has 1 N–H and O–H groups in total. The highest BCUT2D eigenvalue weighted by Gasteiger charge is 2.47. The van der Waals surface area contributed by atoms with Gasteiger partial charge in [0.2, 0.25) is 5.91 Å². The topological polar surface area (TPSA) is 57.8 Å². The fourth-order valence-electron chi connectivity index (χ4n) is 4.07. The van der Waals surface area contributed by atoms with Crippen LogP contribution in [0, 0.1) is 0 Å². The summed E-state index contributed by atoms with van der Waals surface area (Å²) in [5, 5.41) is 1.29. The highest BCUT2D eigenvalue weighted by molar-refractivity contribution is 5.82. The van der Waals surface area contributed by atoms with E-state index in [9.17, 15) is 4.79 Å². The first-order valence-electron chi connectivity index (χ1n) is 9.28. The fraction of sp³-hybridized carbons (Fsp3) is 0.550. The predicted octanol–water partition coefficient (Wildman–Crippen LogP) is 2.01. The fourth-order valence-corrected chi connectivity index (χ4v) is 4.07. The molecule has 4 rings (SSSR count). The number of hydrogen-bond acceptors (Lipinski definition) is 4. The molecule has 140 valence electrons. The molecule has 1 atom stereocenters. The summed E-state index contributed by atoms with van der Waals surface area (Å²) in [6.07, 6.45) is 3.85. The first-order valence-corrected chi connectivity index (χ1v) is 9.28. The SMILES string of the molecule is CN(C)C(=O)CO[C@H]1CCOC2(C1)CN(Cc1cccc3[nH]ccc13)C2. The van der Waals surface area contributed by atoms with E-state index < -0.39 is 0 Å². The van der Waals surface area contributed by atoms with E-state index in [4.69, 9.17) is 9.47 Å². The van der Waals surface area contributed by atoms with Gasteiger partial charge in [0.25, 0.3) is 0 Å². The first-order chi connectivity index (χ1) is 12.5. The van der Waals surface area contributed by atoms with Crippen LogP contribution in [-0.2, 0) is 20.8 Å². The van der Waals surface area contributed by atoms with Gasteiger partial charge in [-0.25, -0.2) is 0 Å². The van der Waals surface area contributed by atoms with Crippen molar-refractivity contribution in [2.45, 2.75) is 31.1 Å². The molecule has 2 aromatic rings. The number of likely N-dealkylation sites (tertiary alicyclic amines) is 1. The van der Waals surface area contributed by atoms with Crippen molar-refractivity contribution in [3.8, 4) is 0 Å². The monoisotopic (exact) mass is 357 g/mol. The number of aromatic amines is 1. The lowest BCUT2D eigenvalue weighted by molar-refractivity contribution is -0.199. The predicted molar refractivity (Wildman–Crippen MR) is 99.9 cm³/mol. The zero-order valence-electron chi connectivity index (χ0n) is 15.5. The Morgan fingerprint density at radius 2 is 2.23 bits per heavy atom. The number of aromatic nitrogens is 1. The van der Waals surface area contributed by atoms with Crippen molar-refractivity contribution in [3.05, 3.63) is 36.0 Å². The lowest BCUT2D eigenvalue weighted by atomic mass is 9.84. The maximum absolute atomic E-state index is 11.7. The summed E-state index contributed by atoms with van der Waals surface area (Å²) in [6.45, 7) is 3.66. The molecule has 2 aliphatic heterocycles. The zero-order valence-corrected chi connectivity index (χ0v) is 15.5. The Balaban J connectivity index is 1.31. The summed E-state index contributed by atoms with van der Waals surface area (Å²) in [5.41, 5.74) is 2.43. The van der Waals surface area contributed by atoms with Crippen LogP contribution < -0.4 is 0 Å². The summed E-state index contributed by atoms with van der Waals surface area (Å²) < 4.78 is 11.9. The third-order valence-electron chi connectivity index (χ3n) is 5.49. The van der Waals surface area contributed by atoms with Crippen molar-refractivity contribution in [2.75, 3.05) is 40.4 Å². The molecule has 26 heavy (non-hydrogen) atoms. The molecule has 1 aromatic heterocycles. The number of hydrogen-bond donors (Lipinski definition) is 1. The largest absolute Gasteiger partial charge is 0.372 e. The van der Waals surface area contributed by atoms with E-state index in [1.165, 1.54) is 16.5 Å². The number of carbonyl (C=O) groups excluding carboxylic acids is 1. The van der Waals surface area contributed by atoms with Crippen molar-refractivity contribution in [2.24, 2.45) is 0 Å². The molecule has 1 aromatic carbocycles. The number of ether oxygens (including phenoxy) is 2. The van der Waals surface area contributed by atoms with Crippen LogP contribution in [0.4, 0.5) is 0 Å². The summed E-state index contributed by atoms with van der Waals surface area (Å²) in [6, 6.07) is 8.55. The molecule has 0 saturated carbocycles. The third kappa shape index (κ3) is 3.49. The summed E-state index contributed by atoms with van der Waals surface area (Å²) >= 11 is 0. The number of likely N-dealkylation sites (N-methyl/N-ethyl adjacent to an activating group) is 1. The molecule has 6 nitrogen and oxygen atoms in total. The van der Waals surface area contributed by atoms with Crippen molar-refractivity contribution in [3.63, 3.8) is 0 Å². The van der Waals surface area contributed by atoms with Crippen molar-refractivity contribution in [1.82, 2.24) is 14.8 Å². The Hall–Kier alpha value is -1.89. The van der Waals surface area contributed by atoms with Crippen LogP contribution in [0.2, 0.25) is 0 Å². The molecule has 0 unspecified atom stereocenters. The summed E-state index contributed by atoms with van der Waals surface area (Å²) in [5.74, 6) is 0.0142. The van der Waals surface area contributed by atoms with Crippen molar-refractivity contribution in [1.29, 1.82) is 0 Å². The van der Waals surface area contributed by atoms with Gasteiger partial charge in [0.1, 0.15) is 6.61 Å². The zero-order chi connectivity index (χ0) is 18.1. The Kier molecular flexibility index (Phi) is 4.73. The molecular weight excluding hydrogens is 330 g/mol. The number of benzene rings is 1. The molecular formula is C20H27N3O3. The van der Waals surface area contributed by atoms with Gasteiger partial charge in [-0.15, -0.1) is 0 Å². The average Bonchev–Trinajstić information content (AvgIpc) is 3.08. The number of fused-ring (bicyclic) bond motifs is 1. The molecule has 1 spiro atoms. The van der Waals surface area contributed by atoms with Gasteiger partial charge in [0, 0.05) is 63.9 Å². The maximum atomic E-state index is 11.7. The minimum atomic E-state index is -0.101. The second-order valence-corrected chi connectivity index (χ2v) is 7.75. The molecule has 2 saturated heterocycles. The number of nitrogens with zero attached hydrogens (tertiary/aromatic N) is 2. The Morgan fingerprint density at radius 3 is 3.04 bits per heavy atom. The van der Waals surface area contributed by atoms with Crippen LogP contribution in [0.5, 0.6) is 0 Å².